The lowest BCUT2D eigenvalue weighted by atomic mass is 10.0. The topological polar surface area (TPSA) is 55.2 Å². The van der Waals surface area contributed by atoms with E-state index in [1.807, 2.05) is 4.90 Å². The van der Waals surface area contributed by atoms with E-state index in [9.17, 15) is 9.59 Å². The summed E-state index contributed by atoms with van der Waals surface area (Å²) in [6.07, 6.45) is 8.33. The van der Waals surface area contributed by atoms with Gasteiger partial charge in [-0.2, -0.15) is 0 Å². The highest BCUT2D eigenvalue weighted by atomic mass is 16.2. The molecule has 0 unspecified atom stereocenters. The molecular formula is C17H21N3O2. The number of amides is 1. The number of carbonyl (C=O) groups excluding carboxylic acids is 1. The first-order chi connectivity index (χ1) is 10.7. The molecule has 2 aliphatic carbocycles. The minimum Gasteiger partial charge on any atom is -0.341 e. The molecule has 5 heteroatoms. The molecule has 3 fully saturated rings. The first-order valence-electron chi connectivity index (χ1n) is 8.24. The maximum Gasteiger partial charge on any atom is 0.254 e. The quantitative estimate of drug-likeness (QED) is 0.800. The van der Waals surface area contributed by atoms with E-state index in [0.29, 0.717) is 5.92 Å². The Morgan fingerprint density at radius 1 is 1.14 bits per heavy atom. The molecule has 1 aromatic rings. The highest BCUT2D eigenvalue weighted by Crippen LogP contribution is 2.38. The fourth-order valence-corrected chi connectivity index (χ4v) is 3.20. The Kier molecular flexibility index (Phi) is 3.36. The van der Waals surface area contributed by atoms with Crippen molar-refractivity contribution in [3.63, 3.8) is 0 Å². The van der Waals surface area contributed by atoms with Crippen LogP contribution in [-0.4, -0.2) is 33.4 Å². The van der Waals surface area contributed by atoms with Crippen molar-refractivity contribution in [1.82, 2.24) is 14.5 Å². The third-order valence-electron chi connectivity index (χ3n) is 4.92. The van der Waals surface area contributed by atoms with Gasteiger partial charge in [0.25, 0.3) is 5.56 Å². The van der Waals surface area contributed by atoms with E-state index in [2.05, 4.69) is 4.98 Å². The number of aromatic nitrogens is 2. The minimum absolute atomic E-state index is 0.0305. The molecule has 1 aliphatic heterocycles. The molecule has 0 aromatic carbocycles. The van der Waals surface area contributed by atoms with Gasteiger partial charge in [-0.3, -0.25) is 14.2 Å². The molecule has 116 valence electrons. The summed E-state index contributed by atoms with van der Waals surface area (Å²) in [7, 11) is 0. The number of rotatable bonds is 3. The number of hydrogen-bond donors (Lipinski definition) is 0. The maximum atomic E-state index is 12.4. The fraction of sp³-hybridized carbons (Fsp3) is 0.588. The third-order valence-corrected chi connectivity index (χ3v) is 4.92. The third kappa shape index (κ3) is 2.85. The number of piperidine rings is 1. The van der Waals surface area contributed by atoms with E-state index in [0.717, 1.165) is 44.5 Å². The predicted molar refractivity (Wildman–Crippen MR) is 82.5 cm³/mol. The van der Waals surface area contributed by atoms with Gasteiger partial charge in [0.1, 0.15) is 6.54 Å². The summed E-state index contributed by atoms with van der Waals surface area (Å²) in [4.78, 5) is 30.7. The highest BCUT2D eigenvalue weighted by molar-refractivity contribution is 5.76. The highest BCUT2D eigenvalue weighted by Gasteiger charge is 2.26. The normalized spacial score (nSPS) is 21.2. The molecule has 0 spiro atoms. The van der Waals surface area contributed by atoms with Gasteiger partial charge in [-0.25, -0.2) is 4.98 Å². The average molecular weight is 299 g/mol. The van der Waals surface area contributed by atoms with Crippen LogP contribution in [0, 0.1) is 0 Å². The lowest BCUT2D eigenvalue weighted by Gasteiger charge is -2.28. The van der Waals surface area contributed by atoms with Gasteiger partial charge in [-0.1, -0.05) is 11.1 Å². The van der Waals surface area contributed by atoms with Crippen LogP contribution < -0.4 is 5.56 Å². The molecule has 22 heavy (non-hydrogen) atoms. The summed E-state index contributed by atoms with van der Waals surface area (Å²) >= 11 is 0. The van der Waals surface area contributed by atoms with Crippen LogP contribution in [0.3, 0.4) is 0 Å². The molecule has 5 nitrogen and oxygen atoms in total. The second kappa shape index (κ2) is 5.38. The molecule has 0 radical (unpaired) electrons. The minimum atomic E-state index is -0.108. The molecule has 1 amide bonds. The van der Waals surface area contributed by atoms with E-state index >= 15 is 0 Å². The van der Waals surface area contributed by atoms with Crippen LogP contribution in [0.15, 0.2) is 28.3 Å². The van der Waals surface area contributed by atoms with Crippen molar-refractivity contribution in [3.8, 4) is 0 Å². The predicted octanol–water partition coefficient (Wildman–Crippen LogP) is 1.83. The Morgan fingerprint density at radius 3 is 2.41 bits per heavy atom. The smallest absolute Gasteiger partial charge is 0.254 e. The van der Waals surface area contributed by atoms with Crippen LogP contribution in [0.1, 0.15) is 50.1 Å². The standard InChI is InChI=1S/C17H21N3O2/c21-16-9-15(14-3-4-14)18-11-20(16)10-17(22)19-7-5-13(6-8-19)12-1-2-12/h9,11,14H,1-8,10H2. The first-order valence-corrected chi connectivity index (χ1v) is 8.24. The van der Waals surface area contributed by atoms with Gasteiger partial charge in [0, 0.05) is 25.1 Å². The summed E-state index contributed by atoms with van der Waals surface area (Å²) in [6, 6.07) is 1.59. The second-order valence-corrected chi connectivity index (χ2v) is 6.64. The lowest BCUT2D eigenvalue weighted by molar-refractivity contribution is -0.132. The van der Waals surface area contributed by atoms with Gasteiger partial charge >= 0.3 is 0 Å². The summed E-state index contributed by atoms with van der Waals surface area (Å²) in [6.45, 7) is 1.70. The van der Waals surface area contributed by atoms with Gasteiger partial charge in [-0.05, 0) is 38.5 Å². The van der Waals surface area contributed by atoms with E-state index in [-0.39, 0.29) is 18.0 Å². The summed E-state index contributed by atoms with van der Waals surface area (Å²) < 4.78 is 1.43. The van der Waals surface area contributed by atoms with E-state index in [4.69, 9.17) is 0 Å². The molecule has 1 aromatic heterocycles. The van der Waals surface area contributed by atoms with Crippen molar-refractivity contribution >= 4 is 5.91 Å². The average Bonchev–Trinajstić information content (AvgIpc) is 3.41. The van der Waals surface area contributed by atoms with Crippen molar-refractivity contribution in [1.29, 1.82) is 0 Å². The number of likely N-dealkylation sites (tertiary alicyclic amines) is 1. The van der Waals surface area contributed by atoms with Crippen molar-refractivity contribution in [2.45, 2.75) is 51.0 Å². The van der Waals surface area contributed by atoms with Crippen molar-refractivity contribution in [3.05, 3.63) is 39.6 Å². The van der Waals surface area contributed by atoms with Gasteiger partial charge in [-0.15, -0.1) is 0 Å². The van der Waals surface area contributed by atoms with Crippen LogP contribution in [0.2, 0.25) is 0 Å². The number of allylic oxidation sites excluding steroid dienone is 1. The zero-order valence-electron chi connectivity index (χ0n) is 12.8. The Hall–Kier alpha value is -1.91. The number of carbonyl (C=O) groups is 1. The van der Waals surface area contributed by atoms with Gasteiger partial charge < -0.3 is 4.90 Å². The molecule has 4 rings (SSSR count). The van der Waals surface area contributed by atoms with Crippen molar-refractivity contribution in [2.24, 2.45) is 0 Å². The molecule has 1 saturated heterocycles. The number of nitrogens with zero attached hydrogens (tertiary/aromatic N) is 3. The largest absolute Gasteiger partial charge is 0.341 e. The Balaban J connectivity index is 1.39. The van der Waals surface area contributed by atoms with Gasteiger partial charge in [0.05, 0.1) is 12.0 Å². The fourth-order valence-electron chi connectivity index (χ4n) is 3.20. The van der Waals surface area contributed by atoms with Crippen LogP contribution in [-0.2, 0) is 11.3 Å². The Bertz CT molecular complexity index is 684. The van der Waals surface area contributed by atoms with Gasteiger partial charge in [0.2, 0.25) is 5.91 Å². The van der Waals surface area contributed by atoms with Crippen molar-refractivity contribution in [2.75, 3.05) is 13.1 Å². The van der Waals surface area contributed by atoms with Gasteiger partial charge in [0.15, 0.2) is 0 Å². The Morgan fingerprint density at radius 2 is 1.82 bits per heavy atom. The van der Waals surface area contributed by atoms with Crippen LogP contribution >= 0.6 is 0 Å². The molecule has 2 heterocycles. The maximum absolute atomic E-state index is 12.4. The van der Waals surface area contributed by atoms with Crippen LogP contribution in [0.4, 0.5) is 0 Å². The SMILES string of the molecule is O=C(Cn1cnc(C2CC2)cc1=O)N1CCC(=C2CC2)CC1. The molecule has 0 atom stereocenters. The van der Waals surface area contributed by atoms with E-state index in [1.165, 1.54) is 23.7 Å². The second-order valence-electron chi connectivity index (χ2n) is 6.64. The van der Waals surface area contributed by atoms with E-state index < -0.39 is 0 Å². The zero-order valence-corrected chi connectivity index (χ0v) is 12.8. The molecule has 3 aliphatic rings. The van der Waals surface area contributed by atoms with E-state index in [1.54, 1.807) is 17.2 Å². The molecule has 0 bridgehead atoms. The lowest BCUT2D eigenvalue weighted by Crippen LogP contribution is -2.40. The summed E-state index contributed by atoms with van der Waals surface area (Å²) in [5.41, 5.74) is 3.95. The van der Waals surface area contributed by atoms with Crippen LogP contribution in [0.25, 0.3) is 0 Å². The monoisotopic (exact) mass is 299 g/mol. The first kappa shape index (κ1) is 13.7. The zero-order chi connectivity index (χ0) is 15.1. The van der Waals surface area contributed by atoms with Crippen molar-refractivity contribution < 1.29 is 4.79 Å². The van der Waals surface area contributed by atoms with Crippen LogP contribution in [0.5, 0.6) is 0 Å². The summed E-state index contributed by atoms with van der Waals surface area (Å²) in [5, 5.41) is 0. The molecule has 2 saturated carbocycles. The number of hydrogen-bond acceptors (Lipinski definition) is 3. The molecular weight excluding hydrogens is 278 g/mol. The molecule has 0 N–H and O–H groups in total. The Labute approximate surface area is 129 Å². The summed E-state index contributed by atoms with van der Waals surface area (Å²) in [5.74, 6) is 0.497.